The summed E-state index contributed by atoms with van der Waals surface area (Å²) in [5.74, 6) is 0. The van der Waals surface area contributed by atoms with Crippen LogP contribution in [0.3, 0.4) is 0 Å². The summed E-state index contributed by atoms with van der Waals surface area (Å²) in [6, 6.07) is 6.87. The minimum Gasteiger partial charge on any atom is -0.389 e. The van der Waals surface area contributed by atoms with Crippen molar-refractivity contribution in [2.24, 2.45) is 0 Å². The molecule has 1 atom stereocenters. The van der Waals surface area contributed by atoms with Crippen molar-refractivity contribution < 1.29 is 14.6 Å². The third-order valence-electron chi connectivity index (χ3n) is 2.61. The van der Waals surface area contributed by atoms with E-state index >= 15 is 0 Å². The summed E-state index contributed by atoms with van der Waals surface area (Å²) < 4.78 is 5.17. The maximum atomic E-state index is 11.6. The van der Waals surface area contributed by atoms with Gasteiger partial charge in [0.25, 0.3) is 0 Å². The molecule has 0 aliphatic rings. The zero-order valence-electron chi connectivity index (χ0n) is 11.5. The number of hydrogen-bond acceptors (Lipinski definition) is 3. The van der Waals surface area contributed by atoms with Crippen molar-refractivity contribution in [3.63, 3.8) is 0 Å². The van der Waals surface area contributed by atoms with Crippen LogP contribution in [0.1, 0.15) is 31.9 Å². The van der Waals surface area contributed by atoms with Gasteiger partial charge in [0.15, 0.2) is 0 Å². The summed E-state index contributed by atoms with van der Waals surface area (Å²) in [5, 5.41) is 14.8. The number of anilines is 1. The molecule has 1 aromatic rings. The average molecular weight is 266 g/mol. The van der Waals surface area contributed by atoms with Gasteiger partial charge in [-0.25, -0.2) is 4.79 Å². The van der Waals surface area contributed by atoms with E-state index in [9.17, 15) is 9.90 Å². The van der Waals surface area contributed by atoms with E-state index in [0.717, 1.165) is 12.0 Å². The number of urea groups is 1. The molecule has 0 radical (unpaired) electrons. The first kappa shape index (κ1) is 15.5. The summed E-state index contributed by atoms with van der Waals surface area (Å²) in [4.78, 5) is 11.6. The molecule has 0 bridgehead atoms. The molecule has 0 fully saturated rings. The Kier molecular flexibility index (Phi) is 6.92. The van der Waals surface area contributed by atoms with Crippen LogP contribution < -0.4 is 10.6 Å². The Morgan fingerprint density at radius 1 is 1.37 bits per heavy atom. The molecule has 5 nitrogen and oxygen atoms in total. The number of amides is 2. The Morgan fingerprint density at radius 2 is 2.05 bits per heavy atom. The first-order chi connectivity index (χ1) is 9.13. The maximum Gasteiger partial charge on any atom is 0.319 e. The topological polar surface area (TPSA) is 70.6 Å². The summed E-state index contributed by atoms with van der Waals surface area (Å²) in [6.45, 7) is 5.57. The number of hydrogen-bond donors (Lipinski definition) is 3. The van der Waals surface area contributed by atoms with E-state index in [1.54, 1.807) is 31.2 Å². The van der Waals surface area contributed by atoms with Gasteiger partial charge in [0.05, 0.1) is 6.10 Å². The van der Waals surface area contributed by atoms with Gasteiger partial charge in [0.2, 0.25) is 0 Å². The average Bonchev–Trinajstić information content (AvgIpc) is 2.39. The minimum absolute atomic E-state index is 0.235. The van der Waals surface area contributed by atoms with Crippen molar-refractivity contribution in [1.29, 1.82) is 0 Å². The molecule has 1 aromatic carbocycles. The molecule has 0 aliphatic heterocycles. The van der Waals surface area contributed by atoms with Crippen LogP contribution in [0.4, 0.5) is 10.5 Å². The second-order valence-corrected chi connectivity index (χ2v) is 4.23. The Balaban J connectivity index is 2.28. The zero-order chi connectivity index (χ0) is 14.1. The number of carbonyl (C=O) groups is 1. The fourth-order valence-electron chi connectivity index (χ4n) is 1.54. The van der Waals surface area contributed by atoms with Crippen molar-refractivity contribution in [3.05, 3.63) is 29.8 Å². The number of aliphatic hydroxyl groups is 1. The van der Waals surface area contributed by atoms with Gasteiger partial charge in [0, 0.05) is 25.4 Å². The van der Waals surface area contributed by atoms with Gasteiger partial charge in [-0.2, -0.15) is 0 Å². The highest BCUT2D eigenvalue weighted by Crippen LogP contribution is 2.15. The van der Waals surface area contributed by atoms with Crippen LogP contribution >= 0.6 is 0 Å². The van der Waals surface area contributed by atoms with Crippen molar-refractivity contribution in [3.8, 4) is 0 Å². The van der Waals surface area contributed by atoms with E-state index in [4.69, 9.17) is 4.74 Å². The van der Waals surface area contributed by atoms with Gasteiger partial charge < -0.3 is 20.5 Å². The molecule has 0 spiro atoms. The summed E-state index contributed by atoms with van der Waals surface area (Å²) in [7, 11) is 0. The van der Waals surface area contributed by atoms with E-state index < -0.39 is 6.10 Å². The van der Waals surface area contributed by atoms with Gasteiger partial charge in [-0.15, -0.1) is 0 Å². The first-order valence-electron chi connectivity index (χ1n) is 6.54. The van der Waals surface area contributed by atoms with E-state index in [0.29, 0.717) is 25.4 Å². The lowest BCUT2D eigenvalue weighted by Crippen LogP contribution is -2.30. The van der Waals surface area contributed by atoms with Crippen LogP contribution in [0, 0.1) is 0 Å². The van der Waals surface area contributed by atoms with E-state index in [1.165, 1.54) is 0 Å². The van der Waals surface area contributed by atoms with Crippen LogP contribution in [-0.4, -0.2) is 30.9 Å². The minimum atomic E-state index is -0.499. The maximum absolute atomic E-state index is 11.6. The standard InChI is InChI=1S/C14H22N2O3/c1-3-19-10-4-9-15-14(18)16-13-7-5-12(6-8-13)11(2)17/h5-8,11,17H,3-4,9-10H2,1-2H3,(H2,15,16,18). The largest absolute Gasteiger partial charge is 0.389 e. The van der Waals surface area contributed by atoms with Crippen LogP contribution in [0.25, 0.3) is 0 Å². The van der Waals surface area contributed by atoms with E-state index in [2.05, 4.69) is 10.6 Å². The molecule has 1 rings (SSSR count). The van der Waals surface area contributed by atoms with Crippen molar-refractivity contribution in [1.82, 2.24) is 5.32 Å². The van der Waals surface area contributed by atoms with E-state index in [-0.39, 0.29) is 6.03 Å². The second-order valence-electron chi connectivity index (χ2n) is 4.23. The SMILES string of the molecule is CCOCCCNC(=O)Nc1ccc(C(C)O)cc1. The molecule has 106 valence electrons. The summed E-state index contributed by atoms with van der Waals surface area (Å²) in [6.07, 6.45) is 0.295. The molecule has 0 aromatic heterocycles. The van der Waals surface area contributed by atoms with Gasteiger partial charge >= 0.3 is 6.03 Å². The summed E-state index contributed by atoms with van der Waals surface area (Å²) >= 11 is 0. The summed E-state index contributed by atoms with van der Waals surface area (Å²) in [5.41, 5.74) is 1.52. The molecule has 1 unspecified atom stereocenters. The molecule has 19 heavy (non-hydrogen) atoms. The van der Waals surface area contributed by atoms with Gasteiger partial charge in [-0.3, -0.25) is 0 Å². The molecular formula is C14H22N2O3. The zero-order valence-corrected chi connectivity index (χ0v) is 11.5. The highest BCUT2D eigenvalue weighted by molar-refractivity contribution is 5.89. The first-order valence-corrected chi connectivity index (χ1v) is 6.54. The monoisotopic (exact) mass is 266 g/mol. The Hall–Kier alpha value is -1.59. The van der Waals surface area contributed by atoms with Crippen LogP contribution in [0.5, 0.6) is 0 Å². The molecule has 0 saturated heterocycles. The number of benzene rings is 1. The second kappa shape index (κ2) is 8.50. The third-order valence-corrected chi connectivity index (χ3v) is 2.61. The Bertz CT molecular complexity index is 377. The van der Waals surface area contributed by atoms with E-state index in [1.807, 2.05) is 6.92 Å². The number of carbonyl (C=O) groups excluding carboxylic acids is 1. The lowest BCUT2D eigenvalue weighted by Gasteiger charge is -2.09. The van der Waals surface area contributed by atoms with Crippen molar-refractivity contribution in [2.75, 3.05) is 25.1 Å². The molecule has 5 heteroatoms. The number of ether oxygens (including phenoxy) is 1. The van der Waals surface area contributed by atoms with Crippen molar-refractivity contribution in [2.45, 2.75) is 26.4 Å². The normalized spacial score (nSPS) is 11.9. The predicted octanol–water partition coefficient (Wildman–Crippen LogP) is 2.29. The number of aliphatic hydroxyl groups excluding tert-OH is 1. The van der Waals surface area contributed by atoms with Gasteiger partial charge in [-0.05, 0) is 38.0 Å². The Labute approximate surface area is 114 Å². The molecule has 3 N–H and O–H groups in total. The Morgan fingerprint density at radius 3 is 2.63 bits per heavy atom. The number of nitrogens with one attached hydrogen (secondary N) is 2. The predicted molar refractivity (Wildman–Crippen MR) is 75.2 cm³/mol. The highest BCUT2D eigenvalue weighted by Gasteiger charge is 2.03. The van der Waals surface area contributed by atoms with Gasteiger partial charge in [-0.1, -0.05) is 12.1 Å². The third kappa shape index (κ3) is 6.22. The number of rotatable bonds is 7. The molecular weight excluding hydrogens is 244 g/mol. The smallest absolute Gasteiger partial charge is 0.319 e. The fraction of sp³-hybridized carbons (Fsp3) is 0.500. The lowest BCUT2D eigenvalue weighted by atomic mass is 10.1. The van der Waals surface area contributed by atoms with Crippen LogP contribution in [0.15, 0.2) is 24.3 Å². The quantitative estimate of drug-likeness (QED) is 0.663. The molecule has 0 heterocycles. The fourth-order valence-corrected chi connectivity index (χ4v) is 1.54. The lowest BCUT2D eigenvalue weighted by molar-refractivity contribution is 0.145. The molecule has 0 saturated carbocycles. The van der Waals surface area contributed by atoms with Crippen LogP contribution in [0.2, 0.25) is 0 Å². The van der Waals surface area contributed by atoms with Gasteiger partial charge in [0.1, 0.15) is 0 Å². The molecule has 2 amide bonds. The molecule has 0 aliphatic carbocycles. The highest BCUT2D eigenvalue weighted by atomic mass is 16.5. The van der Waals surface area contributed by atoms with Crippen molar-refractivity contribution >= 4 is 11.7 Å². The van der Waals surface area contributed by atoms with Crippen LogP contribution in [-0.2, 0) is 4.74 Å².